The van der Waals surface area contributed by atoms with Gasteiger partial charge in [0.2, 0.25) is 0 Å². The van der Waals surface area contributed by atoms with E-state index in [1.165, 1.54) is 0 Å². The maximum absolute atomic E-state index is 4.28. The van der Waals surface area contributed by atoms with Gasteiger partial charge in [-0.2, -0.15) is 11.8 Å². The number of hydrogen-bond donors (Lipinski definition) is 0. The molecule has 1 aromatic heterocycles. The van der Waals surface area contributed by atoms with Gasteiger partial charge in [0, 0.05) is 7.05 Å². The molecule has 0 radical (unpaired) electrons. The highest BCUT2D eigenvalue weighted by molar-refractivity contribution is 9.10. The monoisotopic (exact) mass is 248 g/mol. The maximum Gasteiger partial charge on any atom is 0.119 e. The molecule has 2 nitrogen and oxygen atoms in total. The zero-order valence-electron chi connectivity index (χ0n) is 7.54. The Morgan fingerprint density at radius 3 is 2.75 bits per heavy atom. The van der Waals surface area contributed by atoms with Gasteiger partial charge in [0.05, 0.1) is 11.9 Å². The lowest BCUT2D eigenvalue weighted by Crippen LogP contribution is -1.98. The van der Waals surface area contributed by atoms with Crippen LogP contribution in [-0.4, -0.2) is 14.8 Å². The van der Waals surface area contributed by atoms with Crippen LogP contribution in [0.4, 0.5) is 0 Å². The summed E-state index contributed by atoms with van der Waals surface area (Å²) < 4.78 is 3.11. The Bertz CT molecular complexity index is 258. The van der Waals surface area contributed by atoms with Crippen molar-refractivity contribution in [2.75, 3.05) is 0 Å². The highest BCUT2D eigenvalue weighted by atomic mass is 79.9. The molecule has 1 aromatic rings. The highest BCUT2D eigenvalue weighted by Gasteiger charge is 2.04. The second kappa shape index (κ2) is 4.33. The quantitative estimate of drug-likeness (QED) is 0.819. The molecule has 0 unspecified atom stereocenters. The Labute approximate surface area is 85.9 Å². The zero-order valence-corrected chi connectivity index (χ0v) is 9.94. The minimum Gasteiger partial charge on any atom is -0.325 e. The average Bonchev–Trinajstić information content (AvgIpc) is 2.30. The molecule has 4 heteroatoms. The third-order valence-corrected chi connectivity index (χ3v) is 3.40. The van der Waals surface area contributed by atoms with E-state index < -0.39 is 0 Å². The first kappa shape index (κ1) is 10.1. The van der Waals surface area contributed by atoms with Crippen molar-refractivity contribution in [3.63, 3.8) is 0 Å². The van der Waals surface area contributed by atoms with E-state index in [9.17, 15) is 0 Å². The van der Waals surface area contributed by atoms with E-state index in [1.54, 1.807) is 0 Å². The molecule has 0 aliphatic heterocycles. The second-order valence-electron chi connectivity index (χ2n) is 2.92. The van der Waals surface area contributed by atoms with Crippen LogP contribution in [0.2, 0.25) is 0 Å². The SMILES string of the molecule is CC(C)SCc1ncc(Br)n1C. The van der Waals surface area contributed by atoms with Gasteiger partial charge in [0.1, 0.15) is 10.4 Å². The second-order valence-corrected chi connectivity index (χ2v) is 5.29. The number of rotatable bonds is 3. The van der Waals surface area contributed by atoms with E-state index in [2.05, 4.69) is 39.3 Å². The van der Waals surface area contributed by atoms with Crippen LogP contribution in [0, 0.1) is 0 Å². The van der Waals surface area contributed by atoms with E-state index in [1.807, 2.05) is 25.0 Å². The van der Waals surface area contributed by atoms with Gasteiger partial charge in [0.15, 0.2) is 0 Å². The molecule has 0 atom stereocenters. The molecule has 1 rings (SSSR count). The first-order valence-electron chi connectivity index (χ1n) is 3.89. The topological polar surface area (TPSA) is 17.8 Å². The lowest BCUT2D eigenvalue weighted by molar-refractivity contribution is 0.830. The molecule has 1 heterocycles. The van der Waals surface area contributed by atoms with Crippen LogP contribution >= 0.6 is 27.7 Å². The Morgan fingerprint density at radius 2 is 2.33 bits per heavy atom. The molecular weight excluding hydrogens is 236 g/mol. The fourth-order valence-electron chi connectivity index (χ4n) is 0.800. The summed E-state index contributed by atoms with van der Waals surface area (Å²) in [7, 11) is 2.02. The van der Waals surface area contributed by atoms with E-state index in [0.29, 0.717) is 5.25 Å². The van der Waals surface area contributed by atoms with Gasteiger partial charge in [-0.15, -0.1) is 0 Å². The highest BCUT2D eigenvalue weighted by Crippen LogP contribution is 2.18. The predicted molar refractivity (Wildman–Crippen MR) is 57.3 cm³/mol. The predicted octanol–water partition coefficient (Wildman–Crippen LogP) is 2.82. The van der Waals surface area contributed by atoms with Crippen LogP contribution in [0.15, 0.2) is 10.8 Å². The molecule has 0 aromatic carbocycles. The molecule has 0 bridgehead atoms. The minimum absolute atomic E-state index is 0.667. The van der Waals surface area contributed by atoms with E-state index in [-0.39, 0.29) is 0 Å². The Kier molecular flexibility index (Phi) is 3.65. The first-order chi connectivity index (χ1) is 5.61. The number of halogens is 1. The standard InChI is InChI=1S/C8H13BrN2S/c1-6(2)12-5-8-10-4-7(9)11(8)3/h4,6H,5H2,1-3H3. The van der Waals surface area contributed by atoms with Gasteiger partial charge in [0.25, 0.3) is 0 Å². The van der Waals surface area contributed by atoms with Crippen molar-refractivity contribution in [1.29, 1.82) is 0 Å². The van der Waals surface area contributed by atoms with Crippen LogP contribution in [0.5, 0.6) is 0 Å². The summed E-state index contributed by atoms with van der Waals surface area (Å²) in [4.78, 5) is 4.28. The summed E-state index contributed by atoms with van der Waals surface area (Å²) in [5, 5.41) is 0.667. The fraction of sp³-hybridized carbons (Fsp3) is 0.625. The summed E-state index contributed by atoms with van der Waals surface area (Å²) in [6.07, 6.45) is 1.84. The fourth-order valence-corrected chi connectivity index (χ4v) is 1.86. The van der Waals surface area contributed by atoms with Crippen molar-refractivity contribution < 1.29 is 0 Å². The van der Waals surface area contributed by atoms with E-state index >= 15 is 0 Å². The number of imidazole rings is 1. The molecule has 0 spiro atoms. The molecule has 0 fully saturated rings. The van der Waals surface area contributed by atoms with Gasteiger partial charge in [-0.3, -0.25) is 0 Å². The average molecular weight is 249 g/mol. The molecular formula is C8H13BrN2S. The van der Waals surface area contributed by atoms with E-state index in [4.69, 9.17) is 0 Å². The minimum atomic E-state index is 0.667. The number of nitrogens with zero attached hydrogens (tertiary/aromatic N) is 2. The van der Waals surface area contributed by atoms with E-state index in [0.717, 1.165) is 16.2 Å². The normalized spacial score (nSPS) is 11.1. The van der Waals surface area contributed by atoms with Gasteiger partial charge < -0.3 is 4.57 Å². The first-order valence-corrected chi connectivity index (χ1v) is 5.73. The lowest BCUT2D eigenvalue weighted by atomic mass is 10.6. The molecule has 68 valence electrons. The van der Waals surface area contributed by atoms with Gasteiger partial charge in [-0.25, -0.2) is 4.98 Å². The lowest BCUT2D eigenvalue weighted by Gasteiger charge is -2.04. The van der Waals surface area contributed by atoms with Crippen molar-refractivity contribution in [3.05, 3.63) is 16.6 Å². The third-order valence-electron chi connectivity index (χ3n) is 1.57. The molecule has 0 amide bonds. The van der Waals surface area contributed by atoms with Crippen molar-refractivity contribution in [1.82, 2.24) is 9.55 Å². The third kappa shape index (κ3) is 2.52. The molecule has 0 aliphatic rings. The van der Waals surface area contributed by atoms with Crippen molar-refractivity contribution in [3.8, 4) is 0 Å². The van der Waals surface area contributed by atoms with Crippen LogP contribution in [-0.2, 0) is 12.8 Å². The summed E-state index contributed by atoms with van der Waals surface area (Å²) in [5.74, 6) is 2.11. The Morgan fingerprint density at radius 1 is 1.67 bits per heavy atom. The summed E-state index contributed by atoms with van der Waals surface area (Å²) in [6.45, 7) is 4.39. The van der Waals surface area contributed by atoms with Gasteiger partial charge in [-0.1, -0.05) is 13.8 Å². The molecule has 0 N–H and O–H groups in total. The number of thioether (sulfide) groups is 1. The molecule has 0 saturated carbocycles. The Balaban J connectivity index is 2.58. The van der Waals surface area contributed by atoms with Crippen LogP contribution in [0.1, 0.15) is 19.7 Å². The van der Waals surface area contributed by atoms with Crippen LogP contribution in [0.3, 0.4) is 0 Å². The van der Waals surface area contributed by atoms with Crippen molar-refractivity contribution in [2.24, 2.45) is 7.05 Å². The van der Waals surface area contributed by atoms with Crippen molar-refractivity contribution >= 4 is 27.7 Å². The summed E-state index contributed by atoms with van der Waals surface area (Å²) in [5.41, 5.74) is 0. The van der Waals surface area contributed by atoms with Gasteiger partial charge in [-0.05, 0) is 21.2 Å². The van der Waals surface area contributed by atoms with Crippen LogP contribution < -0.4 is 0 Å². The smallest absolute Gasteiger partial charge is 0.119 e. The summed E-state index contributed by atoms with van der Waals surface area (Å²) in [6, 6.07) is 0. The molecule has 0 saturated heterocycles. The molecule has 12 heavy (non-hydrogen) atoms. The zero-order chi connectivity index (χ0) is 9.14. The Hall–Kier alpha value is 0.0400. The van der Waals surface area contributed by atoms with Gasteiger partial charge >= 0.3 is 0 Å². The van der Waals surface area contributed by atoms with Crippen LogP contribution in [0.25, 0.3) is 0 Å². The maximum atomic E-state index is 4.28. The summed E-state index contributed by atoms with van der Waals surface area (Å²) >= 11 is 5.32. The largest absolute Gasteiger partial charge is 0.325 e. The number of hydrogen-bond acceptors (Lipinski definition) is 2. The molecule has 0 aliphatic carbocycles. The number of aromatic nitrogens is 2. The van der Waals surface area contributed by atoms with Crippen molar-refractivity contribution in [2.45, 2.75) is 24.9 Å².